The Bertz CT molecular complexity index is 1960. The minimum Gasteiger partial charge on any atom is -0.477 e. The molecule has 0 aromatic rings. The fourth-order valence-corrected chi connectivity index (χ4v) is 8.09. The molecule has 0 saturated carbocycles. The van der Waals surface area contributed by atoms with E-state index in [2.05, 4.69) is 184 Å². The number of aliphatic carboxylic acids is 1. The Hall–Kier alpha value is -5.35. The first-order valence-electron chi connectivity index (χ1n) is 32.3. The zero-order valence-electron chi connectivity index (χ0n) is 53.0. The number of carboxylic acid groups (broad SMARTS) is 1. The number of hydrogen-bond donors (Lipinski definition) is 1. The van der Waals surface area contributed by atoms with E-state index in [1.165, 1.54) is 44.9 Å². The smallest absolute Gasteiger partial charge is 0.361 e. The summed E-state index contributed by atoms with van der Waals surface area (Å²) < 4.78 is 22.9. The molecule has 0 spiro atoms. The van der Waals surface area contributed by atoms with Gasteiger partial charge in [0.1, 0.15) is 13.2 Å². The first-order chi connectivity index (χ1) is 40.6. The van der Waals surface area contributed by atoms with Crippen molar-refractivity contribution in [2.45, 2.75) is 232 Å². The quantitative estimate of drug-likeness (QED) is 0.0211. The zero-order valence-corrected chi connectivity index (χ0v) is 53.0. The van der Waals surface area contributed by atoms with Crippen molar-refractivity contribution < 1.29 is 42.9 Å². The van der Waals surface area contributed by atoms with Crippen LogP contribution in [0.2, 0.25) is 0 Å². The van der Waals surface area contributed by atoms with Gasteiger partial charge in [0.05, 0.1) is 34.4 Å². The minimum absolute atomic E-state index is 0.170. The number of hydrogen-bond acceptors (Lipinski definition) is 7. The van der Waals surface area contributed by atoms with E-state index in [9.17, 15) is 19.5 Å². The minimum atomic E-state index is -1.53. The Morgan fingerprint density at radius 1 is 0.361 bits per heavy atom. The second-order valence-electron chi connectivity index (χ2n) is 22.0. The van der Waals surface area contributed by atoms with E-state index in [-0.39, 0.29) is 38.6 Å². The molecular weight excluding hydrogens is 1030 g/mol. The van der Waals surface area contributed by atoms with Gasteiger partial charge in [-0.25, -0.2) is 4.79 Å². The van der Waals surface area contributed by atoms with Crippen LogP contribution in [0.1, 0.15) is 219 Å². The van der Waals surface area contributed by atoms with Crippen molar-refractivity contribution in [1.82, 2.24) is 0 Å². The fraction of sp³-hybridized carbons (Fsp3) is 0.581. The van der Waals surface area contributed by atoms with Gasteiger partial charge in [0, 0.05) is 12.8 Å². The van der Waals surface area contributed by atoms with Crippen LogP contribution in [0.25, 0.3) is 0 Å². The molecule has 0 aliphatic carbocycles. The summed E-state index contributed by atoms with van der Waals surface area (Å²) in [5, 5.41) is 9.73. The van der Waals surface area contributed by atoms with Crippen molar-refractivity contribution in [3.8, 4) is 0 Å². The van der Waals surface area contributed by atoms with Crippen molar-refractivity contribution in [3.05, 3.63) is 170 Å². The number of unbranched alkanes of at least 4 members (excludes halogenated alkanes) is 14. The summed E-state index contributed by atoms with van der Waals surface area (Å²) in [4.78, 5) is 37.6. The van der Waals surface area contributed by atoms with Crippen molar-refractivity contribution in [3.63, 3.8) is 0 Å². The number of esters is 2. The molecule has 9 nitrogen and oxygen atoms in total. The molecule has 0 rings (SSSR count). The van der Waals surface area contributed by atoms with E-state index in [1.807, 2.05) is 21.1 Å². The summed E-state index contributed by atoms with van der Waals surface area (Å²) in [6.07, 6.45) is 91.5. The Balaban J connectivity index is 4.32. The highest BCUT2D eigenvalue weighted by Crippen LogP contribution is 2.14. The lowest BCUT2D eigenvalue weighted by atomic mass is 10.0. The molecule has 0 saturated heterocycles. The highest BCUT2D eigenvalue weighted by molar-refractivity contribution is 5.71. The fourth-order valence-electron chi connectivity index (χ4n) is 8.09. The molecule has 2 unspecified atom stereocenters. The molecule has 9 heteroatoms. The highest BCUT2D eigenvalue weighted by atomic mass is 16.7. The largest absolute Gasteiger partial charge is 0.477 e. The summed E-state index contributed by atoms with van der Waals surface area (Å²) in [5.41, 5.74) is 0. The first kappa shape index (κ1) is 77.7. The van der Waals surface area contributed by atoms with E-state index in [4.69, 9.17) is 18.9 Å². The number of likely N-dealkylation sites (N-methyl/N-ethyl adjacent to an activating group) is 1. The van der Waals surface area contributed by atoms with Crippen molar-refractivity contribution in [2.75, 3.05) is 47.5 Å². The van der Waals surface area contributed by atoms with E-state index >= 15 is 0 Å². The van der Waals surface area contributed by atoms with E-state index < -0.39 is 24.3 Å². The van der Waals surface area contributed by atoms with Crippen LogP contribution in [0.5, 0.6) is 0 Å². The van der Waals surface area contributed by atoms with E-state index in [0.717, 1.165) is 141 Å². The van der Waals surface area contributed by atoms with Crippen LogP contribution in [0.15, 0.2) is 170 Å². The molecule has 0 aromatic carbocycles. The highest BCUT2D eigenvalue weighted by Gasteiger charge is 2.25. The van der Waals surface area contributed by atoms with Crippen LogP contribution in [0.4, 0.5) is 0 Å². The van der Waals surface area contributed by atoms with Crippen molar-refractivity contribution >= 4 is 17.9 Å². The number of carboxylic acids is 1. The maximum absolute atomic E-state index is 12.9. The third-order valence-corrected chi connectivity index (χ3v) is 13.0. The molecule has 0 amide bonds. The number of nitrogens with zero attached hydrogens (tertiary/aromatic N) is 1. The van der Waals surface area contributed by atoms with Gasteiger partial charge in [-0.05, 0) is 128 Å². The van der Waals surface area contributed by atoms with Crippen LogP contribution in [0.3, 0.4) is 0 Å². The molecule has 0 aliphatic rings. The topological polar surface area (TPSA) is 108 Å². The molecule has 1 N–H and O–H groups in total. The Morgan fingerprint density at radius 2 is 0.651 bits per heavy atom. The molecule has 0 fully saturated rings. The third-order valence-electron chi connectivity index (χ3n) is 13.0. The maximum Gasteiger partial charge on any atom is 0.361 e. The number of carbonyl (C=O) groups excluding carboxylic acids is 2. The summed E-state index contributed by atoms with van der Waals surface area (Å²) in [5.74, 6) is -2.07. The number of carbonyl (C=O) groups is 3. The van der Waals surface area contributed by atoms with Crippen LogP contribution in [0, 0.1) is 0 Å². The predicted molar refractivity (Wildman–Crippen MR) is 354 cm³/mol. The second-order valence-corrected chi connectivity index (χ2v) is 22.0. The van der Waals surface area contributed by atoms with Gasteiger partial charge in [-0.3, -0.25) is 9.59 Å². The summed E-state index contributed by atoms with van der Waals surface area (Å²) in [6.45, 7) is 4.58. The lowest BCUT2D eigenvalue weighted by molar-refractivity contribution is -0.870. The number of ether oxygens (including phenoxy) is 4. The van der Waals surface area contributed by atoms with Gasteiger partial charge in [-0.1, -0.05) is 248 Å². The number of quaternary nitrogens is 1. The SMILES string of the molecule is CC/C=C\C/C=C\C/C=C\C/C=C\C/C=C\C/C=C\C/C=C\C/C=C\C/C=C\CCCCCC(=O)OC(COC(=O)CCCCCCCCCCCCC/C=C\C/C=C\C/C=C\C/C=C\C/C=C\CC)COC(OCC[N+](C)(C)C)C(=O)O. The van der Waals surface area contributed by atoms with Gasteiger partial charge < -0.3 is 28.5 Å². The van der Waals surface area contributed by atoms with Crippen molar-refractivity contribution in [2.24, 2.45) is 0 Å². The first-order valence-corrected chi connectivity index (χ1v) is 32.3. The van der Waals surface area contributed by atoms with Crippen LogP contribution >= 0.6 is 0 Å². The molecule has 0 aliphatic heterocycles. The summed E-state index contributed by atoms with van der Waals surface area (Å²) >= 11 is 0. The van der Waals surface area contributed by atoms with Gasteiger partial charge in [-0.15, -0.1) is 0 Å². The van der Waals surface area contributed by atoms with Gasteiger partial charge in [0.2, 0.25) is 0 Å². The zero-order chi connectivity index (χ0) is 60.5. The molecule has 466 valence electrons. The number of rotatable bonds is 57. The lowest BCUT2D eigenvalue weighted by Gasteiger charge is -2.25. The molecule has 0 aromatic heterocycles. The lowest BCUT2D eigenvalue weighted by Crippen LogP contribution is -2.40. The third kappa shape index (κ3) is 64.1. The van der Waals surface area contributed by atoms with Crippen LogP contribution in [-0.2, 0) is 33.3 Å². The van der Waals surface area contributed by atoms with E-state index in [1.54, 1.807) is 0 Å². The standard InChI is InChI=1S/C74H117NO8/c1-6-8-10-12-14-16-18-20-22-24-26-28-30-32-34-35-36-37-39-41-43-45-47-49-51-53-55-57-59-61-63-65-72(77)83-70(69-82-74(73(78)79)80-67-66-75(3,4)5)68-81-71(76)64-62-60-58-56-54-52-50-48-46-44-42-40-38-33-31-29-27-25-23-21-19-17-15-13-11-9-7-2/h8-11,14-17,20-23,26-29,32-34,36-38,41,43,47,49,53,55,70,74H,6-7,12-13,18-19,24-25,30-31,35,39-40,42,44-46,48,50-52,54,56-69H2,1-5H3/p+1/b10-8-,11-9-,16-14-,17-15-,22-20-,23-21-,28-26-,29-27-,34-32-,37-36-,38-33-,43-41-,49-47-,55-53-. The molecular formula is C74H118NO8+. The predicted octanol–water partition coefficient (Wildman–Crippen LogP) is 19.9. The monoisotopic (exact) mass is 1150 g/mol. The average Bonchev–Trinajstić information content (AvgIpc) is 3.46. The molecule has 2 atom stereocenters. The van der Waals surface area contributed by atoms with Crippen LogP contribution in [-0.4, -0.2) is 87.4 Å². The Labute approximate surface area is 507 Å². The molecule has 0 heterocycles. The molecule has 0 radical (unpaired) electrons. The number of allylic oxidation sites excluding steroid dienone is 28. The second kappa shape index (κ2) is 62.7. The average molecular weight is 1150 g/mol. The van der Waals surface area contributed by atoms with Gasteiger partial charge in [0.25, 0.3) is 6.29 Å². The Morgan fingerprint density at radius 3 is 0.976 bits per heavy atom. The molecule has 83 heavy (non-hydrogen) atoms. The molecule has 0 bridgehead atoms. The normalized spacial score (nSPS) is 13.9. The van der Waals surface area contributed by atoms with E-state index in [0.29, 0.717) is 17.4 Å². The van der Waals surface area contributed by atoms with Crippen molar-refractivity contribution in [1.29, 1.82) is 0 Å². The van der Waals surface area contributed by atoms with Gasteiger partial charge >= 0.3 is 17.9 Å². The van der Waals surface area contributed by atoms with Gasteiger partial charge in [-0.2, -0.15) is 0 Å². The Kier molecular flexibility index (Phi) is 58.6. The maximum atomic E-state index is 12.9. The summed E-state index contributed by atoms with van der Waals surface area (Å²) in [6, 6.07) is 0. The summed E-state index contributed by atoms with van der Waals surface area (Å²) in [7, 11) is 5.95. The van der Waals surface area contributed by atoms with Gasteiger partial charge in [0.15, 0.2) is 6.10 Å². The van der Waals surface area contributed by atoms with Crippen LogP contribution < -0.4 is 0 Å².